The van der Waals surface area contributed by atoms with E-state index in [9.17, 15) is 9.59 Å². The van der Waals surface area contributed by atoms with Gasteiger partial charge >= 0.3 is 0 Å². The fourth-order valence-corrected chi connectivity index (χ4v) is 1.76. The van der Waals surface area contributed by atoms with Crippen molar-refractivity contribution in [2.75, 3.05) is 13.2 Å². The van der Waals surface area contributed by atoms with Crippen LogP contribution in [0.2, 0.25) is 0 Å². The summed E-state index contributed by atoms with van der Waals surface area (Å²) in [7, 11) is 0. The highest BCUT2D eigenvalue weighted by atomic mass is 16.3. The molecule has 0 spiro atoms. The van der Waals surface area contributed by atoms with E-state index in [4.69, 9.17) is 5.11 Å². The van der Waals surface area contributed by atoms with Gasteiger partial charge in [-0.2, -0.15) is 0 Å². The summed E-state index contributed by atoms with van der Waals surface area (Å²) in [6, 6.07) is 8.95. The van der Waals surface area contributed by atoms with Crippen LogP contribution < -0.4 is 10.6 Å². The molecular weight excluding hydrogens is 256 g/mol. The van der Waals surface area contributed by atoms with Gasteiger partial charge in [0, 0.05) is 31.2 Å². The molecule has 0 fully saturated rings. The highest BCUT2D eigenvalue weighted by Crippen LogP contribution is 1.98. The van der Waals surface area contributed by atoms with Crippen molar-refractivity contribution in [3.63, 3.8) is 0 Å². The van der Waals surface area contributed by atoms with Crippen molar-refractivity contribution in [2.45, 2.75) is 32.2 Å². The average molecular weight is 278 g/mol. The third-order valence-electron chi connectivity index (χ3n) is 2.87. The molecule has 1 aromatic rings. The van der Waals surface area contributed by atoms with Crippen LogP contribution >= 0.6 is 0 Å². The lowest BCUT2D eigenvalue weighted by Gasteiger charge is -2.12. The van der Waals surface area contributed by atoms with E-state index < -0.39 is 0 Å². The van der Waals surface area contributed by atoms with Gasteiger partial charge in [-0.15, -0.1) is 0 Å². The smallest absolute Gasteiger partial charge is 0.251 e. The van der Waals surface area contributed by atoms with E-state index in [0.717, 1.165) is 0 Å². The monoisotopic (exact) mass is 278 g/mol. The lowest BCUT2D eigenvalue weighted by molar-refractivity contribution is -0.121. The molecule has 110 valence electrons. The summed E-state index contributed by atoms with van der Waals surface area (Å²) in [6.07, 6.45) is 1.51. The van der Waals surface area contributed by atoms with Crippen LogP contribution in [0.3, 0.4) is 0 Å². The molecule has 0 saturated heterocycles. The lowest BCUT2D eigenvalue weighted by Crippen LogP contribution is -2.33. The molecule has 0 saturated carbocycles. The van der Waals surface area contributed by atoms with E-state index in [1.165, 1.54) is 0 Å². The highest BCUT2D eigenvalue weighted by Gasteiger charge is 2.07. The molecule has 0 aliphatic heterocycles. The molecule has 0 heterocycles. The number of benzene rings is 1. The number of rotatable bonds is 8. The third-order valence-corrected chi connectivity index (χ3v) is 2.87. The Morgan fingerprint density at radius 2 is 1.95 bits per heavy atom. The van der Waals surface area contributed by atoms with E-state index >= 15 is 0 Å². The van der Waals surface area contributed by atoms with Crippen molar-refractivity contribution in [2.24, 2.45) is 0 Å². The van der Waals surface area contributed by atoms with Gasteiger partial charge in [-0.1, -0.05) is 18.2 Å². The quantitative estimate of drug-likeness (QED) is 0.623. The standard InChI is InChI=1S/C15H22N2O3/c1-12(9-11-18)17-14(19)8-5-10-16-15(20)13-6-3-2-4-7-13/h2-4,6-7,12,18H,5,8-11H2,1H3,(H,16,20)(H,17,19). The molecule has 5 heteroatoms. The van der Waals surface area contributed by atoms with Crippen LogP contribution in [0.25, 0.3) is 0 Å². The Morgan fingerprint density at radius 1 is 1.25 bits per heavy atom. The maximum absolute atomic E-state index is 11.7. The minimum atomic E-state index is -0.125. The summed E-state index contributed by atoms with van der Waals surface area (Å²) in [5.41, 5.74) is 0.619. The SMILES string of the molecule is CC(CCO)NC(=O)CCCNC(=O)c1ccccc1. The second-order valence-electron chi connectivity index (χ2n) is 4.71. The average Bonchev–Trinajstić information content (AvgIpc) is 2.44. The van der Waals surface area contributed by atoms with Gasteiger partial charge in [-0.25, -0.2) is 0 Å². The zero-order valence-electron chi connectivity index (χ0n) is 11.8. The minimum Gasteiger partial charge on any atom is -0.396 e. The molecule has 2 amide bonds. The van der Waals surface area contributed by atoms with Crippen LogP contribution in [0.4, 0.5) is 0 Å². The van der Waals surface area contributed by atoms with Gasteiger partial charge in [0.05, 0.1) is 0 Å². The fraction of sp³-hybridized carbons (Fsp3) is 0.467. The molecule has 0 aliphatic carbocycles. The molecule has 1 rings (SSSR count). The summed E-state index contributed by atoms with van der Waals surface area (Å²) in [6.45, 7) is 2.38. The Hall–Kier alpha value is -1.88. The highest BCUT2D eigenvalue weighted by molar-refractivity contribution is 5.94. The predicted molar refractivity (Wildman–Crippen MR) is 77.3 cm³/mol. The van der Waals surface area contributed by atoms with E-state index in [2.05, 4.69) is 10.6 Å². The molecule has 0 aliphatic rings. The van der Waals surface area contributed by atoms with E-state index in [1.807, 2.05) is 25.1 Å². The zero-order valence-corrected chi connectivity index (χ0v) is 11.8. The van der Waals surface area contributed by atoms with Gasteiger partial charge < -0.3 is 15.7 Å². The Kier molecular flexibility index (Phi) is 7.35. The number of aliphatic hydroxyl groups is 1. The minimum absolute atomic E-state index is 0.0218. The summed E-state index contributed by atoms with van der Waals surface area (Å²) in [5, 5.41) is 14.3. The van der Waals surface area contributed by atoms with Gasteiger partial charge in [-0.05, 0) is 31.9 Å². The Balaban J connectivity index is 2.16. The van der Waals surface area contributed by atoms with Crippen LogP contribution in [0.1, 0.15) is 36.5 Å². The topological polar surface area (TPSA) is 78.4 Å². The van der Waals surface area contributed by atoms with Crippen molar-refractivity contribution in [1.29, 1.82) is 0 Å². The van der Waals surface area contributed by atoms with Gasteiger partial charge in [0.25, 0.3) is 5.91 Å². The maximum atomic E-state index is 11.7. The molecule has 1 aromatic carbocycles. The third kappa shape index (κ3) is 6.33. The summed E-state index contributed by atoms with van der Waals surface area (Å²) < 4.78 is 0. The van der Waals surface area contributed by atoms with E-state index in [-0.39, 0.29) is 24.5 Å². The second kappa shape index (κ2) is 9.09. The second-order valence-corrected chi connectivity index (χ2v) is 4.71. The number of aliphatic hydroxyl groups excluding tert-OH is 1. The van der Waals surface area contributed by atoms with Crippen molar-refractivity contribution in [3.05, 3.63) is 35.9 Å². The lowest BCUT2D eigenvalue weighted by atomic mass is 10.2. The van der Waals surface area contributed by atoms with Crippen molar-refractivity contribution in [1.82, 2.24) is 10.6 Å². The Morgan fingerprint density at radius 3 is 2.60 bits per heavy atom. The largest absolute Gasteiger partial charge is 0.396 e. The van der Waals surface area contributed by atoms with Crippen molar-refractivity contribution in [3.8, 4) is 0 Å². The molecule has 3 N–H and O–H groups in total. The number of amides is 2. The van der Waals surface area contributed by atoms with Gasteiger partial charge in [-0.3, -0.25) is 9.59 Å². The molecule has 0 radical (unpaired) electrons. The first-order valence-electron chi connectivity index (χ1n) is 6.87. The van der Waals surface area contributed by atoms with Crippen LogP contribution in [0.15, 0.2) is 30.3 Å². The summed E-state index contributed by atoms with van der Waals surface area (Å²) in [5.74, 6) is -0.181. The number of hydrogen-bond acceptors (Lipinski definition) is 3. The normalized spacial score (nSPS) is 11.7. The summed E-state index contributed by atoms with van der Waals surface area (Å²) in [4.78, 5) is 23.3. The Bertz CT molecular complexity index is 420. The van der Waals surface area contributed by atoms with Gasteiger partial charge in [0.15, 0.2) is 0 Å². The number of carbonyl (C=O) groups excluding carboxylic acids is 2. The Labute approximate surface area is 119 Å². The molecule has 0 aromatic heterocycles. The predicted octanol–water partition coefficient (Wildman–Crippen LogP) is 1.08. The van der Waals surface area contributed by atoms with E-state index in [1.54, 1.807) is 12.1 Å². The van der Waals surface area contributed by atoms with Crippen LogP contribution in [0, 0.1) is 0 Å². The van der Waals surface area contributed by atoms with Crippen LogP contribution in [-0.2, 0) is 4.79 Å². The molecule has 5 nitrogen and oxygen atoms in total. The van der Waals surface area contributed by atoms with Crippen molar-refractivity contribution < 1.29 is 14.7 Å². The molecule has 0 bridgehead atoms. The first-order chi connectivity index (χ1) is 9.63. The van der Waals surface area contributed by atoms with Crippen LogP contribution in [0.5, 0.6) is 0 Å². The van der Waals surface area contributed by atoms with E-state index in [0.29, 0.717) is 31.4 Å². The number of hydrogen-bond donors (Lipinski definition) is 3. The first kappa shape index (κ1) is 16.2. The summed E-state index contributed by atoms with van der Waals surface area (Å²) >= 11 is 0. The number of carbonyl (C=O) groups is 2. The van der Waals surface area contributed by atoms with Crippen LogP contribution in [-0.4, -0.2) is 36.1 Å². The maximum Gasteiger partial charge on any atom is 0.251 e. The van der Waals surface area contributed by atoms with Gasteiger partial charge in [0.1, 0.15) is 0 Å². The zero-order chi connectivity index (χ0) is 14.8. The number of nitrogens with one attached hydrogen (secondary N) is 2. The molecule has 20 heavy (non-hydrogen) atoms. The molecular formula is C15H22N2O3. The van der Waals surface area contributed by atoms with Crippen molar-refractivity contribution >= 4 is 11.8 Å². The fourth-order valence-electron chi connectivity index (χ4n) is 1.76. The van der Waals surface area contributed by atoms with Gasteiger partial charge in [0.2, 0.25) is 5.91 Å². The first-order valence-corrected chi connectivity index (χ1v) is 6.87. The molecule has 1 atom stereocenters. The molecule has 1 unspecified atom stereocenters.